The number of rotatable bonds is 8. The van der Waals surface area contributed by atoms with Crippen LogP contribution in [0, 0.1) is 5.92 Å². The van der Waals surface area contributed by atoms with Gasteiger partial charge in [-0.15, -0.1) is 0 Å². The van der Waals surface area contributed by atoms with Crippen LogP contribution in [0.4, 0.5) is 0 Å². The maximum Gasteiger partial charge on any atom is 0.225 e. The molecule has 0 spiro atoms. The summed E-state index contributed by atoms with van der Waals surface area (Å²) in [5.41, 5.74) is 1.22. The molecule has 2 saturated heterocycles. The van der Waals surface area contributed by atoms with Gasteiger partial charge in [0.1, 0.15) is 0 Å². The zero-order valence-electron chi connectivity index (χ0n) is 17.1. The van der Waals surface area contributed by atoms with Gasteiger partial charge in [-0.05, 0) is 32.3 Å². The number of carbonyl (C=O) groups excluding carboxylic acids is 2. The van der Waals surface area contributed by atoms with E-state index in [2.05, 4.69) is 36.2 Å². The number of nitrogens with one attached hydrogen (secondary N) is 1. The third-order valence-corrected chi connectivity index (χ3v) is 5.54. The first-order chi connectivity index (χ1) is 13.5. The number of amides is 2. The Balaban J connectivity index is 1.34. The molecule has 3 atom stereocenters. The van der Waals surface area contributed by atoms with E-state index >= 15 is 0 Å². The first kappa shape index (κ1) is 20.8. The van der Waals surface area contributed by atoms with Gasteiger partial charge in [-0.25, -0.2) is 0 Å². The molecule has 2 fully saturated rings. The Labute approximate surface area is 168 Å². The quantitative estimate of drug-likeness (QED) is 0.690. The fourth-order valence-corrected chi connectivity index (χ4v) is 4.20. The van der Waals surface area contributed by atoms with Crippen molar-refractivity contribution < 1.29 is 14.3 Å². The number of benzene rings is 1. The Morgan fingerprint density at radius 1 is 1.11 bits per heavy atom. The first-order valence-corrected chi connectivity index (χ1v) is 10.5. The molecule has 0 radical (unpaired) electrons. The third-order valence-electron chi connectivity index (χ3n) is 5.54. The Kier molecular flexibility index (Phi) is 7.45. The summed E-state index contributed by atoms with van der Waals surface area (Å²) in [6.07, 6.45) is 2.62. The van der Waals surface area contributed by atoms with E-state index in [1.165, 1.54) is 5.56 Å². The summed E-state index contributed by atoms with van der Waals surface area (Å²) in [4.78, 5) is 28.9. The van der Waals surface area contributed by atoms with Crippen molar-refractivity contribution in [2.45, 2.75) is 45.3 Å². The number of hydrogen-bond donors (Lipinski definition) is 1. The lowest BCUT2D eigenvalue weighted by Gasteiger charge is -2.35. The molecule has 2 amide bonds. The van der Waals surface area contributed by atoms with Crippen molar-refractivity contribution in [1.82, 2.24) is 15.1 Å². The summed E-state index contributed by atoms with van der Waals surface area (Å²) in [7, 11) is 0. The Morgan fingerprint density at radius 3 is 2.54 bits per heavy atom. The third kappa shape index (κ3) is 6.04. The zero-order valence-corrected chi connectivity index (χ0v) is 17.1. The number of likely N-dealkylation sites (tertiary alicyclic amines) is 1. The largest absolute Gasteiger partial charge is 0.373 e. The summed E-state index contributed by atoms with van der Waals surface area (Å²) in [5.74, 6) is -0.113. The Hall–Kier alpha value is -1.92. The second kappa shape index (κ2) is 10.0. The fraction of sp³-hybridized carbons (Fsp3) is 0.636. The van der Waals surface area contributed by atoms with Crippen LogP contribution >= 0.6 is 0 Å². The van der Waals surface area contributed by atoms with Crippen molar-refractivity contribution in [2.75, 3.05) is 39.3 Å². The van der Waals surface area contributed by atoms with Gasteiger partial charge in [0.05, 0.1) is 18.1 Å². The second-order valence-corrected chi connectivity index (χ2v) is 8.14. The van der Waals surface area contributed by atoms with Gasteiger partial charge < -0.3 is 15.0 Å². The molecule has 1 N–H and O–H groups in total. The molecule has 1 aromatic carbocycles. The highest BCUT2D eigenvalue weighted by Crippen LogP contribution is 2.18. The van der Waals surface area contributed by atoms with Crippen LogP contribution in [0.25, 0.3) is 0 Å². The van der Waals surface area contributed by atoms with Gasteiger partial charge in [-0.3, -0.25) is 14.5 Å². The van der Waals surface area contributed by atoms with Gasteiger partial charge in [-0.2, -0.15) is 0 Å². The minimum atomic E-state index is -0.216. The normalized spacial score (nSPS) is 25.9. The predicted octanol–water partition coefficient (Wildman–Crippen LogP) is 1.69. The average molecular weight is 388 g/mol. The molecular weight excluding hydrogens is 354 g/mol. The molecule has 6 nitrogen and oxygen atoms in total. The highest BCUT2D eigenvalue weighted by molar-refractivity contribution is 5.89. The van der Waals surface area contributed by atoms with Gasteiger partial charge in [0.15, 0.2) is 0 Å². The Morgan fingerprint density at radius 2 is 1.82 bits per heavy atom. The lowest BCUT2D eigenvalue weighted by Crippen LogP contribution is -2.46. The van der Waals surface area contributed by atoms with Gasteiger partial charge in [-0.1, -0.05) is 30.3 Å². The van der Waals surface area contributed by atoms with Crippen LogP contribution in [-0.2, 0) is 20.7 Å². The number of morpholine rings is 1. The topological polar surface area (TPSA) is 61.9 Å². The number of hydrogen-bond acceptors (Lipinski definition) is 4. The summed E-state index contributed by atoms with van der Waals surface area (Å²) in [5, 5.41) is 3.03. The molecule has 0 aromatic heterocycles. The Bertz CT molecular complexity index is 642. The summed E-state index contributed by atoms with van der Waals surface area (Å²) in [6.45, 7) is 8.95. The minimum Gasteiger partial charge on any atom is -0.373 e. The highest BCUT2D eigenvalue weighted by Gasteiger charge is 2.33. The van der Waals surface area contributed by atoms with Crippen molar-refractivity contribution >= 4 is 11.8 Å². The van der Waals surface area contributed by atoms with Crippen LogP contribution in [0.1, 0.15) is 32.3 Å². The minimum absolute atomic E-state index is 0.0132. The van der Waals surface area contributed by atoms with E-state index < -0.39 is 0 Å². The van der Waals surface area contributed by atoms with E-state index in [0.717, 1.165) is 32.5 Å². The van der Waals surface area contributed by atoms with Gasteiger partial charge >= 0.3 is 0 Å². The van der Waals surface area contributed by atoms with E-state index in [4.69, 9.17) is 4.74 Å². The van der Waals surface area contributed by atoms with Crippen LogP contribution in [0.3, 0.4) is 0 Å². The molecule has 28 heavy (non-hydrogen) atoms. The molecule has 0 bridgehead atoms. The van der Waals surface area contributed by atoms with E-state index in [-0.39, 0.29) is 29.9 Å². The maximum atomic E-state index is 12.4. The number of carbonyl (C=O) groups is 2. The molecule has 0 aliphatic carbocycles. The number of nitrogens with zero attached hydrogens (tertiary/aromatic N) is 2. The monoisotopic (exact) mass is 387 g/mol. The second-order valence-electron chi connectivity index (χ2n) is 8.14. The van der Waals surface area contributed by atoms with Crippen LogP contribution < -0.4 is 5.32 Å². The van der Waals surface area contributed by atoms with Crippen molar-refractivity contribution in [3.05, 3.63) is 35.9 Å². The van der Waals surface area contributed by atoms with Crippen LogP contribution in [0.2, 0.25) is 0 Å². The number of ether oxygens (including phenoxy) is 1. The van der Waals surface area contributed by atoms with E-state index in [1.54, 1.807) is 0 Å². The molecule has 0 saturated carbocycles. The van der Waals surface area contributed by atoms with Crippen LogP contribution in [-0.4, -0.2) is 73.1 Å². The average Bonchev–Trinajstić information content (AvgIpc) is 3.04. The van der Waals surface area contributed by atoms with Crippen molar-refractivity contribution in [3.8, 4) is 0 Å². The molecule has 3 unspecified atom stereocenters. The van der Waals surface area contributed by atoms with Crippen molar-refractivity contribution in [2.24, 2.45) is 5.92 Å². The molecule has 6 heteroatoms. The summed E-state index contributed by atoms with van der Waals surface area (Å²) in [6, 6.07) is 10.2. The first-order valence-electron chi connectivity index (χ1n) is 10.5. The van der Waals surface area contributed by atoms with E-state index in [1.807, 2.05) is 23.1 Å². The highest BCUT2D eigenvalue weighted by atomic mass is 16.5. The molecule has 2 heterocycles. The van der Waals surface area contributed by atoms with Crippen molar-refractivity contribution in [1.29, 1.82) is 0 Å². The van der Waals surface area contributed by atoms with Gasteiger partial charge in [0.25, 0.3) is 0 Å². The smallest absolute Gasteiger partial charge is 0.225 e. The molecule has 154 valence electrons. The van der Waals surface area contributed by atoms with Crippen LogP contribution in [0.5, 0.6) is 0 Å². The van der Waals surface area contributed by atoms with E-state index in [9.17, 15) is 9.59 Å². The molecular formula is C22H33N3O3. The van der Waals surface area contributed by atoms with E-state index in [0.29, 0.717) is 26.1 Å². The molecule has 3 rings (SSSR count). The zero-order chi connectivity index (χ0) is 19.9. The van der Waals surface area contributed by atoms with Crippen LogP contribution in [0.15, 0.2) is 30.3 Å². The standard InChI is InChI=1S/C22H33N3O3/c1-17-14-24(15-18(2)28-17)11-6-10-23-22(27)20-13-21(26)25(16-20)12-9-19-7-4-3-5-8-19/h3-5,7-8,17-18,20H,6,9-16H2,1-2H3,(H,23,27). The maximum absolute atomic E-state index is 12.4. The summed E-state index contributed by atoms with van der Waals surface area (Å²) < 4.78 is 5.75. The SMILES string of the molecule is CC1CN(CCCNC(=O)C2CC(=O)N(CCc3ccccc3)C2)CC(C)O1. The van der Waals surface area contributed by atoms with Gasteiger partial charge in [0.2, 0.25) is 11.8 Å². The fourth-order valence-electron chi connectivity index (χ4n) is 4.20. The summed E-state index contributed by atoms with van der Waals surface area (Å²) >= 11 is 0. The molecule has 2 aliphatic rings. The lowest BCUT2D eigenvalue weighted by molar-refractivity contribution is -0.129. The predicted molar refractivity (Wildman–Crippen MR) is 109 cm³/mol. The molecule has 1 aromatic rings. The van der Waals surface area contributed by atoms with Crippen molar-refractivity contribution in [3.63, 3.8) is 0 Å². The molecule has 2 aliphatic heterocycles. The lowest BCUT2D eigenvalue weighted by atomic mass is 10.1. The van der Waals surface area contributed by atoms with Gasteiger partial charge in [0, 0.05) is 45.7 Å².